The van der Waals surface area contributed by atoms with Crippen LogP contribution in [0.25, 0.3) is 0 Å². The number of nitrogens with zero attached hydrogens (tertiary/aromatic N) is 3. The van der Waals surface area contributed by atoms with Gasteiger partial charge in [-0.05, 0) is 60.7 Å². The number of allylic oxidation sites excluding steroid dienone is 2. The Balaban J connectivity index is 1.53. The molecule has 0 saturated heterocycles. The van der Waals surface area contributed by atoms with E-state index in [1.54, 1.807) is 41.1 Å². The molecule has 1 aliphatic heterocycles. The summed E-state index contributed by atoms with van der Waals surface area (Å²) < 4.78 is 7.07. The molecule has 0 saturated carbocycles. The monoisotopic (exact) mass is 501 g/mol. The Morgan fingerprint density at radius 2 is 1.89 bits per heavy atom. The molecule has 2 heterocycles. The largest absolute Gasteiger partial charge is 0.494 e. The molecule has 0 fully saturated rings. The van der Waals surface area contributed by atoms with Crippen molar-refractivity contribution in [3.63, 3.8) is 0 Å². The van der Waals surface area contributed by atoms with Crippen LogP contribution >= 0.6 is 0 Å². The third kappa shape index (κ3) is 4.57. The van der Waals surface area contributed by atoms with Crippen molar-refractivity contribution in [3.8, 4) is 5.75 Å². The molecule has 1 aromatic heterocycles. The number of carbonyl (C=O) groups is 2. The summed E-state index contributed by atoms with van der Waals surface area (Å²) in [6.07, 6.45) is 2.46. The maximum Gasteiger partial charge on any atom is 0.269 e. The molecular weight excluding hydrogens is 474 g/mol. The second-order valence-electron chi connectivity index (χ2n) is 9.97. The number of fused-ring (bicyclic) bond motifs is 1. The highest BCUT2D eigenvalue weighted by Gasteiger charge is 2.42. The van der Waals surface area contributed by atoms with Crippen LogP contribution in [0.5, 0.6) is 5.75 Å². The van der Waals surface area contributed by atoms with Gasteiger partial charge in [-0.25, -0.2) is 4.68 Å². The average molecular weight is 502 g/mol. The van der Waals surface area contributed by atoms with Crippen LogP contribution in [0, 0.1) is 15.5 Å². The lowest BCUT2D eigenvalue weighted by Gasteiger charge is -2.39. The van der Waals surface area contributed by atoms with Crippen LogP contribution in [0.3, 0.4) is 0 Å². The predicted octanol–water partition coefficient (Wildman–Crippen LogP) is 5.10. The van der Waals surface area contributed by atoms with E-state index in [-0.39, 0.29) is 22.8 Å². The quantitative estimate of drug-likeness (QED) is 0.355. The zero-order valence-electron chi connectivity index (χ0n) is 20.8. The SMILES string of the molecule is CCOc1ccc(NC(=O)c2cnn3c2NC2=C(C(=O)CC(C)(C)C2)[C@H]3c2ccc([N+](=O)[O-])cc2)cc1. The van der Waals surface area contributed by atoms with Crippen LogP contribution in [0.1, 0.15) is 55.6 Å². The highest BCUT2D eigenvalue weighted by molar-refractivity contribution is 6.08. The number of Topliss-reactive ketones (excluding diaryl/α,β-unsaturated/α-hetero) is 1. The van der Waals surface area contributed by atoms with Crippen molar-refractivity contribution in [1.29, 1.82) is 0 Å². The number of aromatic nitrogens is 2. The number of hydrogen-bond donors (Lipinski definition) is 2. The van der Waals surface area contributed by atoms with Crippen LogP contribution in [-0.2, 0) is 4.79 Å². The van der Waals surface area contributed by atoms with E-state index in [1.807, 2.05) is 20.8 Å². The first-order valence-corrected chi connectivity index (χ1v) is 12.1. The maximum absolute atomic E-state index is 13.3. The molecule has 10 nitrogen and oxygen atoms in total. The molecule has 0 spiro atoms. The van der Waals surface area contributed by atoms with Gasteiger partial charge in [-0.3, -0.25) is 19.7 Å². The fourth-order valence-corrected chi connectivity index (χ4v) is 4.96. The normalized spacial score (nSPS) is 17.9. The Morgan fingerprint density at radius 1 is 1.19 bits per heavy atom. The third-order valence-corrected chi connectivity index (χ3v) is 6.59. The molecule has 1 atom stereocenters. The summed E-state index contributed by atoms with van der Waals surface area (Å²) in [7, 11) is 0. The molecule has 10 heteroatoms. The predicted molar refractivity (Wildman–Crippen MR) is 138 cm³/mol. The number of ether oxygens (including phenoxy) is 1. The number of non-ortho nitro benzene ring substituents is 1. The van der Waals surface area contributed by atoms with E-state index < -0.39 is 11.0 Å². The summed E-state index contributed by atoms with van der Waals surface area (Å²) in [5, 5.41) is 21.9. The van der Waals surface area contributed by atoms with Gasteiger partial charge in [0.2, 0.25) is 0 Å². The standard InChI is InChI=1S/C27H27N5O5/c1-4-37-19-11-7-17(8-12-19)29-26(34)20-15-28-31-24(16-5-9-18(10-6-16)32(35)36)23-21(30-25(20)31)13-27(2,3)14-22(23)33/h5-12,15,24,30H,4,13-14H2,1-3H3,(H,29,34)/t24-/m1/s1. The third-order valence-electron chi connectivity index (χ3n) is 6.59. The second-order valence-corrected chi connectivity index (χ2v) is 9.97. The zero-order valence-corrected chi connectivity index (χ0v) is 20.8. The molecule has 2 aromatic carbocycles. The summed E-state index contributed by atoms with van der Waals surface area (Å²) in [6, 6.07) is 12.6. The highest BCUT2D eigenvalue weighted by Crippen LogP contribution is 2.46. The fourth-order valence-electron chi connectivity index (χ4n) is 4.96. The van der Waals surface area contributed by atoms with Crippen molar-refractivity contribution >= 4 is 28.9 Å². The van der Waals surface area contributed by atoms with Crippen molar-refractivity contribution in [3.05, 3.63) is 87.2 Å². The van der Waals surface area contributed by atoms with E-state index in [1.165, 1.54) is 18.3 Å². The van der Waals surface area contributed by atoms with Gasteiger partial charge in [0, 0.05) is 35.5 Å². The smallest absolute Gasteiger partial charge is 0.269 e. The lowest BCUT2D eigenvalue weighted by atomic mass is 9.73. The molecule has 0 radical (unpaired) electrons. The van der Waals surface area contributed by atoms with Gasteiger partial charge in [-0.15, -0.1) is 0 Å². The van der Waals surface area contributed by atoms with E-state index >= 15 is 0 Å². The van der Waals surface area contributed by atoms with Gasteiger partial charge < -0.3 is 15.4 Å². The van der Waals surface area contributed by atoms with Crippen molar-refractivity contribution in [2.24, 2.45) is 5.41 Å². The molecule has 2 aliphatic rings. The number of nitro groups is 1. The number of rotatable bonds is 6. The van der Waals surface area contributed by atoms with E-state index in [0.717, 1.165) is 5.70 Å². The Bertz CT molecular complexity index is 1420. The Morgan fingerprint density at radius 3 is 2.54 bits per heavy atom. The number of nitrogens with one attached hydrogen (secondary N) is 2. The lowest BCUT2D eigenvalue weighted by Crippen LogP contribution is -2.37. The van der Waals surface area contributed by atoms with Crippen LogP contribution in [0.15, 0.2) is 66.0 Å². The van der Waals surface area contributed by atoms with Gasteiger partial charge in [0.25, 0.3) is 11.6 Å². The average Bonchev–Trinajstić information content (AvgIpc) is 3.27. The van der Waals surface area contributed by atoms with Gasteiger partial charge in [0.05, 0.1) is 17.7 Å². The number of ketones is 1. The molecule has 0 unspecified atom stereocenters. The fraction of sp³-hybridized carbons (Fsp3) is 0.296. The lowest BCUT2D eigenvalue weighted by molar-refractivity contribution is -0.384. The first kappa shape index (κ1) is 24.2. The number of nitro benzene ring substituents is 1. The summed E-state index contributed by atoms with van der Waals surface area (Å²) in [4.78, 5) is 37.3. The van der Waals surface area contributed by atoms with Crippen LogP contribution < -0.4 is 15.4 Å². The first-order valence-electron chi connectivity index (χ1n) is 12.1. The Labute approximate surface area is 213 Å². The molecule has 190 valence electrons. The molecule has 5 rings (SSSR count). The number of amides is 1. The zero-order chi connectivity index (χ0) is 26.3. The molecule has 37 heavy (non-hydrogen) atoms. The molecule has 0 bridgehead atoms. The first-order chi connectivity index (χ1) is 17.7. The summed E-state index contributed by atoms with van der Waals surface area (Å²) in [5.41, 5.74) is 2.62. The van der Waals surface area contributed by atoms with Gasteiger partial charge in [0.15, 0.2) is 5.78 Å². The molecule has 2 N–H and O–H groups in total. The van der Waals surface area contributed by atoms with Gasteiger partial charge in [0.1, 0.15) is 23.2 Å². The minimum absolute atomic E-state index is 0.0105. The molecular formula is C27H27N5O5. The minimum Gasteiger partial charge on any atom is -0.494 e. The number of anilines is 2. The molecule has 3 aromatic rings. The van der Waals surface area contributed by atoms with Crippen molar-refractivity contribution < 1.29 is 19.2 Å². The van der Waals surface area contributed by atoms with Gasteiger partial charge in [-0.1, -0.05) is 13.8 Å². The molecule has 1 amide bonds. The van der Waals surface area contributed by atoms with E-state index in [9.17, 15) is 19.7 Å². The molecule has 1 aliphatic carbocycles. The van der Waals surface area contributed by atoms with Crippen LogP contribution in [0.4, 0.5) is 17.2 Å². The topological polar surface area (TPSA) is 128 Å². The maximum atomic E-state index is 13.3. The number of hydrogen-bond acceptors (Lipinski definition) is 7. The van der Waals surface area contributed by atoms with Crippen molar-refractivity contribution in [2.75, 3.05) is 17.2 Å². The van der Waals surface area contributed by atoms with Gasteiger partial charge in [-0.2, -0.15) is 5.10 Å². The number of carbonyl (C=O) groups excluding carboxylic acids is 2. The highest BCUT2D eigenvalue weighted by atomic mass is 16.6. The second kappa shape index (κ2) is 9.20. The van der Waals surface area contributed by atoms with E-state index in [2.05, 4.69) is 15.7 Å². The Hall–Kier alpha value is -4.47. The van der Waals surface area contributed by atoms with E-state index in [0.29, 0.717) is 53.4 Å². The minimum atomic E-state index is -0.609. The van der Waals surface area contributed by atoms with Crippen molar-refractivity contribution in [1.82, 2.24) is 9.78 Å². The van der Waals surface area contributed by atoms with Crippen LogP contribution in [0.2, 0.25) is 0 Å². The summed E-state index contributed by atoms with van der Waals surface area (Å²) >= 11 is 0. The van der Waals surface area contributed by atoms with Gasteiger partial charge >= 0.3 is 0 Å². The Kier molecular flexibility index (Phi) is 6.02. The number of benzene rings is 2. The van der Waals surface area contributed by atoms with Crippen molar-refractivity contribution in [2.45, 2.75) is 39.7 Å². The summed E-state index contributed by atoms with van der Waals surface area (Å²) in [6.45, 7) is 6.51. The van der Waals surface area contributed by atoms with E-state index in [4.69, 9.17) is 4.74 Å². The summed E-state index contributed by atoms with van der Waals surface area (Å²) in [5.74, 6) is 0.811. The van der Waals surface area contributed by atoms with Crippen LogP contribution in [-0.4, -0.2) is 33.0 Å².